The van der Waals surface area contributed by atoms with Gasteiger partial charge in [-0.05, 0) is 55.0 Å². The second-order valence-corrected chi connectivity index (χ2v) is 11.7. The van der Waals surface area contributed by atoms with Crippen LogP contribution >= 0.6 is 11.3 Å². The number of hydrogen-bond acceptors (Lipinski definition) is 6. The summed E-state index contributed by atoms with van der Waals surface area (Å²) in [5, 5.41) is 0. The third-order valence-electron chi connectivity index (χ3n) is 4.83. The van der Waals surface area contributed by atoms with E-state index < -0.39 is 25.8 Å². The molecule has 1 aliphatic carbocycles. The molecule has 0 radical (unpaired) electrons. The van der Waals surface area contributed by atoms with Crippen LogP contribution in [-0.4, -0.2) is 29.0 Å². The van der Waals surface area contributed by atoms with Crippen LogP contribution in [0.1, 0.15) is 39.9 Å². The largest absolute Gasteiger partial charge is 0.276 e. The maximum atomic E-state index is 12.4. The molecule has 0 bridgehead atoms. The number of thiophene rings is 1. The first kappa shape index (κ1) is 21.0. The Morgan fingerprint density at radius 1 is 1.18 bits per heavy atom. The van der Waals surface area contributed by atoms with Gasteiger partial charge < -0.3 is 0 Å². The molecular formula is C18H22N2O5S3. The Labute approximate surface area is 169 Å². The molecule has 0 fully saturated rings. The number of benzene rings is 1. The van der Waals surface area contributed by atoms with Crippen molar-refractivity contribution in [3.63, 3.8) is 0 Å². The summed E-state index contributed by atoms with van der Waals surface area (Å²) in [5.74, 6) is 0.0916. The van der Waals surface area contributed by atoms with E-state index in [1.54, 1.807) is 0 Å². The van der Waals surface area contributed by atoms with Crippen molar-refractivity contribution in [3.8, 4) is 0 Å². The van der Waals surface area contributed by atoms with Crippen LogP contribution in [0.25, 0.3) is 0 Å². The zero-order valence-corrected chi connectivity index (χ0v) is 18.0. The minimum Gasteiger partial charge on any atom is -0.273 e. The molecule has 0 saturated heterocycles. The number of carbonyl (C=O) groups is 1. The molecule has 1 amide bonds. The summed E-state index contributed by atoms with van der Waals surface area (Å²) < 4.78 is 48.1. The summed E-state index contributed by atoms with van der Waals surface area (Å²) in [6.45, 7) is 2.16. The zero-order chi connectivity index (χ0) is 20.5. The molecule has 7 nitrogen and oxygen atoms in total. The van der Waals surface area contributed by atoms with Crippen molar-refractivity contribution in [1.82, 2.24) is 10.3 Å². The van der Waals surface area contributed by atoms with Gasteiger partial charge in [0.2, 0.25) is 0 Å². The van der Waals surface area contributed by atoms with Crippen LogP contribution in [0.3, 0.4) is 0 Å². The number of hydrazine groups is 1. The van der Waals surface area contributed by atoms with E-state index in [9.17, 15) is 21.6 Å². The highest BCUT2D eigenvalue weighted by Gasteiger charge is 2.23. The Kier molecular flexibility index (Phi) is 5.95. The first-order valence-corrected chi connectivity index (χ1v) is 13.0. The number of rotatable bonds is 6. The van der Waals surface area contributed by atoms with Crippen LogP contribution in [0.2, 0.25) is 0 Å². The first-order chi connectivity index (χ1) is 13.1. The van der Waals surface area contributed by atoms with E-state index in [1.165, 1.54) is 34.4 Å². The highest BCUT2D eigenvalue weighted by Crippen LogP contribution is 2.33. The second-order valence-electron chi connectivity index (χ2n) is 6.88. The quantitative estimate of drug-likeness (QED) is 0.667. The molecule has 1 aliphatic rings. The predicted octanol–water partition coefficient (Wildman–Crippen LogP) is 2.29. The molecule has 1 heterocycles. The van der Waals surface area contributed by atoms with E-state index in [4.69, 9.17) is 0 Å². The molecule has 2 aromatic rings. The standard InChI is InChI=1S/C18H22N2O5S3/c1-3-12-7-8-16-13(9-12)10-17(26-16)18(21)19-20-28(24,25)15-6-4-5-14(11-15)27(2,22)23/h4-6,10-12,20H,3,7-9H2,1-2H3,(H,19,21). The lowest BCUT2D eigenvalue weighted by atomic mass is 9.87. The van der Waals surface area contributed by atoms with Crippen LogP contribution in [0.4, 0.5) is 0 Å². The predicted molar refractivity (Wildman–Crippen MR) is 107 cm³/mol. The molecule has 2 N–H and O–H groups in total. The van der Waals surface area contributed by atoms with Crippen LogP contribution in [-0.2, 0) is 32.7 Å². The molecule has 1 aromatic heterocycles. The Hall–Kier alpha value is -1.75. The molecule has 0 saturated carbocycles. The van der Waals surface area contributed by atoms with Crippen molar-refractivity contribution in [2.45, 2.75) is 42.4 Å². The molecule has 152 valence electrons. The fourth-order valence-corrected chi connectivity index (χ4v) is 5.90. The highest BCUT2D eigenvalue weighted by atomic mass is 32.2. The summed E-state index contributed by atoms with van der Waals surface area (Å²) in [6, 6.07) is 6.79. The third-order valence-corrected chi connectivity index (χ3v) is 8.42. The van der Waals surface area contributed by atoms with Gasteiger partial charge in [-0.25, -0.2) is 16.8 Å². The van der Waals surface area contributed by atoms with Gasteiger partial charge in [0.25, 0.3) is 15.9 Å². The summed E-state index contributed by atoms with van der Waals surface area (Å²) in [4.78, 5) is 15.7. The number of sulfone groups is 1. The minimum absolute atomic E-state index is 0.113. The van der Waals surface area contributed by atoms with Crippen molar-refractivity contribution in [1.29, 1.82) is 0 Å². The summed E-state index contributed by atoms with van der Waals surface area (Å²) in [5.41, 5.74) is 3.38. The van der Waals surface area contributed by atoms with Gasteiger partial charge in [0.15, 0.2) is 9.84 Å². The highest BCUT2D eigenvalue weighted by molar-refractivity contribution is 7.91. The molecule has 10 heteroatoms. The van der Waals surface area contributed by atoms with Crippen LogP contribution in [0, 0.1) is 5.92 Å². The van der Waals surface area contributed by atoms with Gasteiger partial charge in [-0.2, -0.15) is 0 Å². The molecule has 0 aliphatic heterocycles. The molecule has 1 atom stereocenters. The van der Waals surface area contributed by atoms with Gasteiger partial charge in [0, 0.05) is 11.1 Å². The van der Waals surface area contributed by atoms with Crippen molar-refractivity contribution >= 4 is 37.1 Å². The van der Waals surface area contributed by atoms with Crippen LogP contribution in [0.5, 0.6) is 0 Å². The number of carbonyl (C=O) groups excluding carboxylic acids is 1. The molecule has 3 rings (SSSR count). The Bertz CT molecular complexity index is 1100. The van der Waals surface area contributed by atoms with E-state index in [0.29, 0.717) is 10.8 Å². The fraction of sp³-hybridized carbons (Fsp3) is 0.389. The minimum atomic E-state index is -4.10. The molecule has 0 spiro atoms. The van der Waals surface area contributed by atoms with Gasteiger partial charge in [0.1, 0.15) is 0 Å². The monoisotopic (exact) mass is 442 g/mol. The SMILES string of the molecule is CCC1CCc2sc(C(=O)NNS(=O)(=O)c3cccc(S(C)(=O)=O)c3)cc2C1. The smallest absolute Gasteiger partial charge is 0.273 e. The van der Waals surface area contributed by atoms with Crippen molar-refractivity contribution in [2.75, 3.05) is 6.26 Å². The van der Waals surface area contributed by atoms with Gasteiger partial charge in [0.05, 0.1) is 14.7 Å². The maximum Gasteiger partial charge on any atom is 0.276 e. The van der Waals surface area contributed by atoms with Gasteiger partial charge in [-0.3, -0.25) is 10.2 Å². The molecule has 1 aromatic carbocycles. The average molecular weight is 443 g/mol. The number of aryl methyl sites for hydroxylation is 1. The second kappa shape index (κ2) is 7.94. The lowest BCUT2D eigenvalue weighted by molar-refractivity contribution is 0.0949. The van der Waals surface area contributed by atoms with E-state index >= 15 is 0 Å². The van der Waals surface area contributed by atoms with E-state index in [0.717, 1.165) is 43.6 Å². The molecule has 28 heavy (non-hydrogen) atoms. The number of fused-ring (bicyclic) bond motifs is 1. The first-order valence-electron chi connectivity index (χ1n) is 8.84. The normalized spacial score (nSPS) is 17.1. The van der Waals surface area contributed by atoms with Gasteiger partial charge in [-0.15, -0.1) is 16.2 Å². The van der Waals surface area contributed by atoms with Crippen LogP contribution in [0.15, 0.2) is 40.1 Å². The lowest BCUT2D eigenvalue weighted by Crippen LogP contribution is -2.41. The van der Waals surface area contributed by atoms with Gasteiger partial charge in [-0.1, -0.05) is 19.4 Å². The van der Waals surface area contributed by atoms with Crippen LogP contribution < -0.4 is 10.3 Å². The van der Waals surface area contributed by atoms with Crippen molar-refractivity contribution in [2.24, 2.45) is 5.92 Å². The van der Waals surface area contributed by atoms with Crippen molar-refractivity contribution in [3.05, 3.63) is 45.6 Å². The topological polar surface area (TPSA) is 109 Å². The average Bonchev–Trinajstić information content (AvgIpc) is 3.09. The fourth-order valence-electron chi connectivity index (χ4n) is 3.17. The lowest BCUT2D eigenvalue weighted by Gasteiger charge is -2.19. The number of nitrogens with one attached hydrogen (secondary N) is 2. The zero-order valence-electron chi connectivity index (χ0n) is 15.6. The summed E-state index contributed by atoms with van der Waals surface area (Å²) >= 11 is 1.38. The Balaban J connectivity index is 1.72. The Morgan fingerprint density at radius 3 is 2.57 bits per heavy atom. The van der Waals surface area contributed by atoms with Gasteiger partial charge >= 0.3 is 0 Å². The number of hydrogen-bond donors (Lipinski definition) is 2. The third kappa shape index (κ3) is 4.62. The number of sulfonamides is 1. The summed E-state index contributed by atoms with van der Waals surface area (Å²) in [6.07, 6.45) is 5.09. The summed E-state index contributed by atoms with van der Waals surface area (Å²) in [7, 11) is -7.65. The maximum absolute atomic E-state index is 12.4. The van der Waals surface area contributed by atoms with E-state index in [2.05, 4.69) is 12.3 Å². The van der Waals surface area contributed by atoms with Crippen molar-refractivity contribution < 1.29 is 21.6 Å². The Morgan fingerprint density at radius 2 is 1.89 bits per heavy atom. The number of amides is 1. The molecule has 1 unspecified atom stereocenters. The van der Waals surface area contributed by atoms with E-state index in [1.807, 2.05) is 10.9 Å². The molecular weight excluding hydrogens is 420 g/mol. The van der Waals surface area contributed by atoms with E-state index in [-0.39, 0.29) is 9.79 Å².